The predicted octanol–water partition coefficient (Wildman–Crippen LogP) is 5.12. The van der Waals surface area contributed by atoms with E-state index in [1.807, 2.05) is 13.8 Å². The van der Waals surface area contributed by atoms with E-state index in [1.165, 1.54) is 31.2 Å². The Balaban J connectivity index is 2.07. The summed E-state index contributed by atoms with van der Waals surface area (Å²) in [5.41, 5.74) is 2.73. The normalized spacial score (nSPS) is 19.4. The van der Waals surface area contributed by atoms with E-state index in [1.54, 1.807) is 0 Å². The summed E-state index contributed by atoms with van der Waals surface area (Å²) >= 11 is 0. The fourth-order valence-corrected chi connectivity index (χ4v) is 3.42. The molecule has 0 spiro atoms. The van der Waals surface area contributed by atoms with E-state index in [4.69, 9.17) is 5.11 Å². The van der Waals surface area contributed by atoms with Gasteiger partial charge in [-0.15, -0.1) is 0 Å². The van der Waals surface area contributed by atoms with Crippen molar-refractivity contribution in [3.8, 4) is 0 Å². The molecule has 1 fully saturated rings. The summed E-state index contributed by atoms with van der Waals surface area (Å²) < 4.78 is 0. The average Bonchev–Trinajstić information content (AvgIpc) is 2.37. The van der Waals surface area contributed by atoms with Crippen LogP contribution in [0, 0.1) is 5.41 Å². The summed E-state index contributed by atoms with van der Waals surface area (Å²) in [5, 5.41) is 9.02. The molecule has 21 heavy (non-hydrogen) atoms. The van der Waals surface area contributed by atoms with Gasteiger partial charge >= 0.3 is 5.97 Å². The Morgan fingerprint density at radius 1 is 1.19 bits per heavy atom. The molecule has 1 aromatic rings. The molecule has 1 saturated carbocycles. The molecule has 0 amide bonds. The third kappa shape index (κ3) is 4.09. The maximum absolute atomic E-state index is 11.0. The van der Waals surface area contributed by atoms with Crippen LogP contribution in [0.5, 0.6) is 0 Å². The molecule has 0 aromatic heterocycles. The van der Waals surface area contributed by atoms with E-state index in [2.05, 4.69) is 38.1 Å². The summed E-state index contributed by atoms with van der Waals surface area (Å²) in [4.78, 5) is 11.0. The van der Waals surface area contributed by atoms with Crippen LogP contribution in [-0.4, -0.2) is 11.1 Å². The van der Waals surface area contributed by atoms with Crippen molar-refractivity contribution in [1.82, 2.24) is 0 Å². The third-order valence-corrected chi connectivity index (χ3v) is 5.10. The Kier molecular flexibility index (Phi) is 4.46. The molecule has 1 aliphatic rings. The van der Waals surface area contributed by atoms with E-state index in [0.29, 0.717) is 11.3 Å². The molecule has 1 N–H and O–H groups in total. The number of carbonyl (C=O) groups is 1. The van der Waals surface area contributed by atoms with Crippen LogP contribution in [0.15, 0.2) is 24.3 Å². The van der Waals surface area contributed by atoms with Crippen molar-refractivity contribution in [2.24, 2.45) is 5.41 Å². The van der Waals surface area contributed by atoms with Crippen molar-refractivity contribution in [3.05, 3.63) is 35.4 Å². The van der Waals surface area contributed by atoms with Gasteiger partial charge in [0.05, 0.1) is 6.42 Å². The molecule has 0 unspecified atom stereocenters. The van der Waals surface area contributed by atoms with Crippen molar-refractivity contribution in [1.29, 1.82) is 0 Å². The first-order valence-corrected chi connectivity index (χ1v) is 8.02. The topological polar surface area (TPSA) is 37.3 Å². The zero-order chi connectivity index (χ0) is 15.7. The minimum atomic E-state index is -0.737. The van der Waals surface area contributed by atoms with Crippen molar-refractivity contribution in [2.75, 3.05) is 0 Å². The Labute approximate surface area is 128 Å². The highest BCUT2D eigenvalue weighted by Gasteiger charge is 2.28. The molecule has 0 heterocycles. The van der Waals surface area contributed by atoms with Crippen LogP contribution in [0.25, 0.3) is 0 Å². The first-order valence-electron chi connectivity index (χ1n) is 8.02. The van der Waals surface area contributed by atoms with Crippen molar-refractivity contribution < 1.29 is 9.90 Å². The molecule has 2 rings (SSSR count). The second-order valence-electron chi connectivity index (χ2n) is 8.01. The number of rotatable bonds is 4. The third-order valence-electron chi connectivity index (χ3n) is 5.10. The van der Waals surface area contributed by atoms with Crippen molar-refractivity contribution in [3.63, 3.8) is 0 Å². The molecule has 1 aromatic carbocycles. The van der Waals surface area contributed by atoms with Crippen LogP contribution < -0.4 is 0 Å². The summed E-state index contributed by atoms with van der Waals surface area (Å²) in [6.45, 7) is 8.72. The number of aliphatic carboxylic acids is 1. The van der Waals surface area contributed by atoms with E-state index < -0.39 is 5.97 Å². The van der Waals surface area contributed by atoms with Crippen molar-refractivity contribution in [2.45, 2.75) is 71.1 Å². The fraction of sp³-hybridized carbons (Fsp3) is 0.632. The lowest BCUT2D eigenvalue weighted by atomic mass is 9.71. The summed E-state index contributed by atoms with van der Waals surface area (Å²) in [7, 11) is 0. The lowest BCUT2D eigenvalue weighted by molar-refractivity contribution is -0.138. The van der Waals surface area contributed by atoms with Crippen LogP contribution in [-0.2, 0) is 10.2 Å². The Hall–Kier alpha value is -1.31. The largest absolute Gasteiger partial charge is 0.481 e. The molecule has 0 aliphatic heterocycles. The minimum Gasteiger partial charge on any atom is -0.481 e. The number of benzene rings is 1. The lowest BCUT2D eigenvalue weighted by Crippen LogP contribution is -2.22. The molecule has 1 aliphatic carbocycles. The van der Waals surface area contributed by atoms with Gasteiger partial charge in [0.15, 0.2) is 0 Å². The average molecular weight is 288 g/mol. The van der Waals surface area contributed by atoms with Crippen LogP contribution in [0.2, 0.25) is 0 Å². The standard InChI is InChI=1S/C19H28O2/c1-18(2)11-9-15(10-12-18)14-5-7-16(8-6-14)19(3,4)13-17(20)21/h5-8,15H,9-13H2,1-4H3,(H,20,21). The van der Waals surface area contributed by atoms with Gasteiger partial charge in [-0.3, -0.25) is 4.79 Å². The van der Waals surface area contributed by atoms with Gasteiger partial charge < -0.3 is 5.11 Å². The van der Waals surface area contributed by atoms with Crippen LogP contribution in [0.4, 0.5) is 0 Å². The van der Waals surface area contributed by atoms with Crippen LogP contribution in [0.1, 0.15) is 76.8 Å². The molecule has 0 bridgehead atoms. The van der Waals surface area contributed by atoms with Crippen molar-refractivity contribution >= 4 is 5.97 Å². The molecule has 116 valence electrons. The van der Waals surface area contributed by atoms with E-state index in [-0.39, 0.29) is 11.8 Å². The second kappa shape index (κ2) is 5.82. The molecule has 0 saturated heterocycles. The quantitative estimate of drug-likeness (QED) is 0.834. The molecular formula is C19H28O2. The van der Waals surface area contributed by atoms with Gasteiger partial charge in [0.2, 0.25) is 0 Å². The lowest BCUT2D eigenvalue weighted by Gasteiger charge is -2.34. The molecular weight excluding hydrogens is 260 g/mol. The number of carboxylic acid groups (broad SMARTS) is 1. The number of carboxylic acids is 1. The van der Waals surface area contributed by atoms with E-state index in [9.17, 15) is 4.79 Å². The zero-order valence-electron chi connectivity index (χ0n) is 13.8. The minimum absolute atomic E-state index is 0.171. The van der Waals surface area contributed by atoms with Gasteiger partial charge in [0.25, 0.3) is 0 Å². The van der Waals surface area contributed by atoms with Gasteiger partial charge in [-0.25, -0.2) is 0 Å². The van der Waals surface area contributed by atoms with Gasteiger partial charge in [-0.05, 0) is 48.1 Å². The molecule has 0 atom stereocenters. The first kappa shape index (κ1) is 16.1. The SMILES string of the molecule is CC1(C)CCC(c2ccc(C(C)(C)CC(=O)O)cc2)CC1. The van der Waals surface area contributed by atoms with Gasteiger partial charge in [-0.1, -0.05) is 52.0 Å². The highest BCUT2D eigenvalue weighted by molar-refractivity contribution is 5.68. The Morgan fingerprint density at radius 3 is 2.19 bits per heavy atom. The Bertz CT molecular complexity index is 487. The maximum atomic E-state index is 11.0. The summed E-state index contributed by atoms with van der Waals surface area (Å²) in [6.07, 6.45) is 5.30. The van der Waals surface area contributed by atoms with Crippen LogP contribution in [0.3, 0.4) is 0 Å². The van der Waals surface area contributed by atoms with E-state index >= 15 is 0 Å². The molecule has 0 radical (unpaired) electrons. The monoisotopic (exact) mass is 288 g/mol. The molecule has 2 heteroatoms. The summed E-state index contributed by atoms with van der Waals surface area (Å²) in [6, 6.07) is 8.67. The smallest absolute Gasteiger partial charge is 0.304 e. The predicted molar refractivity (Wildman–Crippen MR) is 86.7 cm³/mol. The Morgan fingerprint density at radius 2 is 1.71 bits per heavy atom. The highest BCUT2D eigenvalue weighted by Crippen LogP contribution is 2.42. The fourth-order valence-electron chi connectivity index (χ4n) is 3.42. The summed E-state index contributed by atoms with van der Waals surface area (Å²) in [5.74, 6) is -0.0618. The number of hydrogen-bond acceptors (Lipinski definition) is 1. The molecule has 2 nitrogen and oxygen atoms in total. The van der Waals surface area contributed by atoms with Gasteiger partial charge in [-0.2, -0.15) is 0 Å². The van der Waals surface area contributed by atoms with Gasteiger partial charge in [0, 0.05) is 5.41 Å². The number of hydrogen-bond donors (Lipinski definition) is 1. The van der Waals surface area contributed by atoms with E-state index in [0.717, 1.165) is 5.56 Å². The zero-order valence-corrected chi connectivity index (χ0v) is 13.8. The van der Waals surface area contributed by atoms with Gasteiger partial charge in [0.1, 0.15) is 0 Å². The second-order valence-corrected chi connectivity index (χ2v) is 8.01. The first-order chi connectivity index (χ1) is 9.70. The maximum Gasteiger partial charge on any atom is 0.304 e. The van der Waals surface area contributed by atoms with Crippen LogP contribution >= 0.6 is 0 Å². The highest BCUT2D eigenvalue weighted by atomic mass is 16.4.